The molecule has 0 aliphatic heterocycles. The van der Waals surface area contributed by atoms with Crippen molar-refractivity contribution in [1.82, 2.24) is 9.78 Å². The fraction of sp³-hybridized carbons (Fsp3) is 0.118. The van der Waals surface area contributed by atoms with E-state index in [1.165, 1.54) is 17.7 Å². The Morgan fingerprint density at radius 3 is 2.61 bits per heavy atom. The molecule has 116 valence electrons. The summed E-state index contributed by atoms with van der Waals surface area (Å²) in [6.45, 7) is 2.09. The molecular formula is C17H15N3O3. The molecule has 0 aliphatic rings. The first-order chi connectivity index (χ1) is 11.2. The summed E-state index contributed by atoms with van der Waals surface area (Å²) in [5, 5.41) is 15.1. The highest BCUT2D eigenvalue weighted by Crippen LogP contribution is 2.31. The molecule has 0 bridgehead atoms. The van der Waals surface area contributed by atoms with Crippen LogP contribution in [0.4, 0.5) is 5.69 Å². The van der Waals surface area contributed by atoms with Gasteiger partial charge in [0.2, 0.25) is 0 Å². The van der Waals surface area contributed by atoms with Crippen molar-refractivity contribution in [1.29, 1.82) is 0 Å². The SMILES string of the molecule is CCc1ccc(Oc2ccc([N+](=O)[O-])cc2-n2cccn2)cc1. The molecule has 6 nitrogen and oxygen atoms in total. The van der Waals surface area contributed by atoms with E-state index in [0.717, 1.165) is 6.42 Å². The zero-order valence-electron chi connectivity index (χ0n) is 12.5. The molecule has 0 saturated carbocycles. The molecule has 3 aromatic rings. The molecule has 0 saturated heterocycles. The third kappa shape index (κ3) is 3.21. The topological polar surface area (TPSA) is 70.2 Å². The Morgan fingerprint density at radius 1 is 1.22 bits per heavy atom. The van der Waals surface area contributed by atoms with Crippen LogP contribution in [0.2, 0.25) is 0 Å². The van der Waals surface area contributed by atoms with Gasteiger partial charge >= 0.3 is 0 Å². The van der Waals surface area contributed by atoms with Gasteiger partial charge in [0, 0.05) is 24.5 Å². The molecule has 0 aliphatic carbocycles. The predicted octanol–water partition coefficient (Wildman–Crippen LogP) is 4.14. The third-order valence-corrected chi connectivity index (χ3v) is 3.46. The van der Waals surface area contributed by atoms with Crippen molar-refractivity contribution in [2.75, 3.05) is 0 Å². The van der Waals surface area contributed by atoms with Gasteiger partial charge < -0.3 is 4.74 Å². The Hall–Kier alpha value is -3.15. The maximum Gasteiger partial charge on any atom is 0.271 e. The van der Waals surface area contributed by atoms with Crippen molar-refractivity contribution in [3.63, 3.8) is 0 Å². The van der Waals surface area contributed by atoms with E-state index in [0.29, 0.717) is 17.2 Å². The largest absolute Gasteiger partial charge is 0.455 e. The van der Waals surface area contributed by atoms with Crippen LogP contribution in [0.25, 0.3) is 5.69 Å². The number of non-ortho nitro benzene ring substituents is 1. The van der Waals surface area contributed by atoms with Crippen molar-refractivity contribution in [3.8, 4) is 17.2 Å². The molecule has 0 N–H and O–H groups in total. The van der Waals surface area contributed by atoms with Gasteiger partial charge in [-0.15, -0.1) is 0 Å². The molecule has 3 rings (SSSR count). The van der Waals surface area contributed by atoms with Gasteiger partial charge in [0.15, 0.2) is 5.75 Å². The van der Waals surface area contributed by atoms with Crippen molar-refractivity contribution >= 4 is 5.69 Å². The fourth-order valence-corrected chi connectivity index (χ4v) is 2.22. The second kappa shape index (κ2) is 6.31. The Labute approximate surface area is 133 Å². The molecular weight excluding hydrogens is 294 g/mol. The summed E-state index contributed by atoms with van der Waals surface area (Å²) in [5.74, 6) is 1.17. The van der Waals surface area contributed by atoms with E-state index in [-0.39, 0.29) is 5.69 Å². The molecule has 1 aromatic heterocycles. The molecule has 0 atom stereocenters. The van der Waals surface area contributed by atoms with Crippen LogP contribution in [-0.4, -0.2) is 14.7 Å². The van der Waals surface area contributed by atoms with E-state index >= 15 is 0 Å². The zero-order chi connectivity index (χ0) is 16.2. The van der Waals surface area contributed by atoms with Crippen molar-refractivity contribution in [3.05, 3.63) is 76.6 Å². The van der Waals surface area contributed by atoms with E-state index < -0.39 is 4.92 Å². The third-order valence-electron chi connectivity index (χ3n) is 3.46. The molecule has 23 heavy (non-hydrogen) atoms. The van der Waals surface area contributed by atoms with E-state index in [1.54, 1.807) is 29.2 Å². The van der Waals surface area contributed by atoms with Gasteiger partial charge in [0.1, 0.15) is 11.4 Å². The highest BCUT2D eigenvalue weighted by Gasteiger charge is 2.14. The molecule has 0 unspecified atom stereocenters. The monoisotopic (exact) mass is 309 g/mol. The van der Waals surface area contributed by atoms with Gasteiger partial charge in [-0.05, 0) is 36.2 Å². The highest BCUT2D eigenvalue weighted by atomic mass is 16.6. The van der Waals surface area contributed by atoms with Crippen molar-refractivity contribution in [2.45, 2.75) is 13.3 Å². The molecule has 1 heterocycles. The van der Waals surface area contributed by atoms with E-state index in [9.17, 15) is 10.1 Å². The van der Waals surface area contributed by atoms with Gasteiger partial charge in [0.25, 0.3) is 5.69 Å². The Balaban J connectivity index is 1.98. The zero-order valence-corrected chi connectivity index (χ0v) is 12.5. The molecule has 6 heteroatoms. The first kappa shape index (κ1) is 14.8. The normalized spacial score (nSPS) is 10.5. The van der Waals surface area contributed by atoms with Gasteiger partial charge in [-0.2, -0.15) is 5.10 Å². The molecule has 2 aromatic carbocycles. The second-order valence-corrected chi connectivity index (χ2v) is 4.96. The van der Waals surface area contributed by atoms with Gasteiger partial charge in [-0.3, -0.25) is 10.1 Å². The summed E-state index contributed by atoms with van der Waals surface area (Å²) in [6.07, 6.45) is 4.28. The molecule has 0 spiro atoms. The number of nitro groups is 1. The first-order valence-corrected chi connectivity index (χ1v) is 7.22. The van der Waals surface area contributed by atoms with Crippen LogP contribution in [0.15, 0.2) is 60.9 Å². The number of rotatable bonds is 5. The van der Waals surface area contributed by atoms with Gasteiger partial charge in [-0.25, -0.2) is 4.68 Å². The summed E-state index contributed by atoms with van der Waals surface area (Å²) < 4.78 is 7.43. The maximum atomic E-state index is 11.0. The lowest BCUT2D eigenvalue weighted by molar-refractivity contribution is -0.384. The van der Waals surface area contributed by atoms with Crippen LogP contribution in [0, 0.1) is 10.1 Å². The number of nitrogens with zero attached hydrogens (tertiary/aromatic N) is 3. The average molecular weight is 309 g/mol. The Morgan fingerprint density at radius 2 is 2.00 bits per heavy atom. The number of ether oxygens (including phenoxy) is 1. The number of aromatic nitrogens is 2. The first-order valence-electron chi connectivity index (χ1n) is 7.22. The van der Waals surface area contributed by atoms with Crippen molar-refractivity contribution < 1.29 is 9.66 Å². The molecule has 0 fully saturated rings. The number of hydrogen-bond acceptors (Lipinski definition) is 4. The van der Waals surface area contributed by atoms with E-state index in [1.807, 2.05) is 24.3 Å². The summed E-state index contributed by atoms with van der Waals surface area (Å²) in [5.41, 5.74) is 1.72. The number of hydrogen-bond donors (Lipinski definition) is 0. The summed E-state index contributed by atoms with van der Waals surface area (Å²) in [7, 11) is 0. The van der Waals surface area contributed by atoms with Crippen LogP contribution < -0.4 is 4.74 Å². The quantitative estimate of drug-likeness (QED) is 0.524. The fourth-order valence-electron chi connectivity index (χ4n) is 2.22. The highest BCUT2D eigenvalue weighted by molar-refractivity contribution is 5.54. The lowest BCUT2D eigenvalue weighted by Crippen LogP contribution is -2.00. The van der Waals surface area contributed by atoms with Crippen LogP contribution >= 0.6 is 0 Å². The van der Waals surface area contributed by atoms with Crippen LogP contribution in [0.3, 0.4) is 0 Å². The maximum absolute atomic E-state index is 11.0. The van der Waals surface area contributed by atoms with Crippen molar-refractivity contribution in [2.24, 2.45) is 0 Å². The smallest absolute Gasteiger partial charge is 0.271 e. The minimum atomic E-state index is -0.438. The molecule has 0 radical (unpaired) electrons. The minimum Gasteiger partial charge on any atom is -0.455 e. The van der Waals surface area contributed by atoms with Crippen LogP contribution in [0.1, 0.15) is 12.5 Å². The Bertz CT molecular complexity index is 812. The molecule has 0 amide bonds. The summed E-state index contributed by atoms with van der Waals surface area (Å²) in [4.78, 5) is 10.6. The number of aryl methyl sites for hydroxylation is 1. The standard InChI is InChI=1S/C17H15N3O3/c1-2-13-4-7-15(8-5-13)23-17-9-6-14(20(21)22)12-16(17)19-11-3-10-18-19/h3-12H,2H2,1H3. The van der Waals surface area contributed by atoms with Crippen LogP contribution in [0.5, 0.6) is 11.5 Å². The Kier molecular flexibility index (Phi) is 4.05. The lowest BCUT2D eigenvalue weighted by Gasteiger charge is -2.11. The summed E-state index contributed by atoms with van der Waals surface area (Å²) in [6, 6.07) is 14.0. The van der Waals surface area contributed by atoms with E-state index in [4.69, 9.17) is 4.74 Å². The lowest BCUT2D eigenvalue weighted by atomic mass is 10.2. The van der Waals surface area contributed by atoms with Gasteiger partial charge in [0.05, 0.1) is 4.92 Å². The van der Waals surface area contributed by atoms with E-state index in [2.05, 4.69) is 12.0 Å². The van der Waals surface area contributed by atoms with Gasteiger partial charge in [-0.1, -0.05) is 19.1 Å². The summed E-state index contributed by atoms with van der Waals surface area (Å²) >= 11 is 0. The predicted molar refractivity (Wildman–Crippen MR) is 86.1 cm³/mol. The number of nitro benzene ring substituents is 1. The average Bonchev–Trinajstić information content (AvgIpc) is 3.10. The van der Waals surface area contributed by atoms with Crippen LogP contribution in [-0.2, 0) is 6.42 Å². The number of benzene rings is 2. The minimum absolute atomic E-state index is 0.0100. The second-order valence-electron chi connectivity index (χ2n) is 4.96.